The number of benzene rings is 2. The van der Waals surface area contributed by atoms with E-state index in [9.17, 15) is 14.3 Å². The monoisotopic (exact) mass is 461 g/mol. The zero-order valence-electron chi connectivity index (χ0n) is 15.2. The summed E-state index contributed by atoms with van der Waals surface area (Å²) in [7, 11) is 0. The largest absolute Gasteiger partial charge is 0.388 e. The van der Waals surface area contributed by atoms with Crippen molar-refractivity contribution in [3.8, 4) is 0 Å². The van der Waals surface area contributed by atoms with Crippen LogP contribution in [0, 0.1) is 11.7 Å². The molecule has 1 saturated heterocycles. The van der Waals surface area contributed by atoms with Gasteiger partial charge in [0.25, 0.3) is 0 Å². The first kappa shape index (κ1) is 19.7. The van der Waals surface area contributed by atoms with Gasteiger partial charge in [-0.15, -0.1) is 11.8 Å². The van der Waals surface area contributed by atoms with E-state index in [1.54, 1.807) is 23.9 Å². The van der Waals surface area contributed by atoms with E-state index in [0.29, 0.717) is 22.6 Å². The van der Waals surface area contributed by atoms with Crippen molar-refractivity contribution in [1.82, 2.24) is 0 Å². The molecule has 3 nitrogen and oxygen atoms in total. The lowest BCUT2D eigenvalue weighted by molar-refractivity contribution is -0.129. The Morgan fingerprint density at radius 1 is 1.18 bits per heavy atom. The van der Waals surface area contributed by atoms with Crippen molar-refractivity contribution in [3.05, 3.63) is 77.0 Å². The second-order valence-corrected chi connectivity index (χ2v) is 10.1. The number of hydrogen-bond donors (Lipinski definition) is 1. The predicted octanol–water partition coefficient (Wildman–Crippen LogP) is 5.41. The van der Waals surface area contributed by atoms with Crippen molar-refractivity contribution in [2.45, 2.75) is 35.6 Å². The normalized spacial score (nSPS) is 25.4. The van der Waals surface area contributed by atoms with Gasteiger partial charge < -0.3 is 10.0 Å². The number of β-lactam (4-membered cyclic amide) rings is 1. The zero-order valence-corrected chi connectivity index (χ0v) is 17.6. The van der Waals surface area contributed by atoms with E-state index in [1.807, 2.05) is 35.2 Å². The Balaban J connectivity index is 1.49. The average molecular weight is 462 g/mol. The number of halogens is 2. The van der Waals surface area contributed by atoms with Crippen LogP contribution in [0.15, 0.2) is 65.6 Å². The number of anilines is 1. The number of amides is 1. The summed E-state index contributed by atoms with van der Waals surface area (Å²) >= 11 is 5.41. The minimum Gasteiger partial charge on any atom is -0.388 e. The molecule has 1 unspecified atom stereocenters. The first-order valence-corrected chi connectivity index (χ1v) is 11.2. The third-order valence-electron chi connectivity index (χ3n) is 5.31. The number of alkyl halides is 1. The molecule has 1 amide bonds. The number of aliphatic hydroxyl groups is 1. The molecule has 146 valence electrons. The van der Waals surface area contributed by atoms with Crippen LogP contribution in [-0.4, -0.2) is 21.2 Å². The summed E-state index contributed by atoms with van der Waals surface area (Å²) in [5.74, 6) is -0.368. The summed E-state index contributed by atoms with van der Waals surface area (Å²) in [6, 6.07) is 15.7. The minimum atomic E-state index is -0.700. The Morgan fingerprint density at radius 2 is 1.89 bits per heavy atom. The molecule has 0 radical (unpaired) electrons. The van der Waals surface area contributed by atoms with Gasteiger partial charge in [-0.25, -0.2) is 4.39 Å². The van der Waals surface area contributed by atoms with E-state index in [-0.39, 0.29) is 23.7 Å². The number of aliphatic hydroxyl groups excluding tert-OH is 1. The molecule has 2 aromatic rings. The van der Waals surface area contributed by atoms with E-state index in [1.165, 1.54) is 17.0 Å². The molecule has 0 aliphatic carbocycles. The third-order valence-corrected chi connectivity index (χ3v) is 7.38. The molecule has 2 aliphatic heterocycles. The van der Waals surface area contributed by atoms with Crippen molar-refractivity contribution < 1.29 is 14.3 Å². The van der Waals surface area contributed by atoms with Crippen LogP contribution in [-0.2, 0) is 4.79 Å². The fourth-order valence-corrected chi connectivity index (χ4v) is 5.79. The molecule has 0 spiro atoms. The molecule has 2 heterocycles. The molecule has 2 aromatic carbocycles. The molecule has 2 aliphatic rings. The quantitative estimate of drug-likeness (QED) is 0.461. The summed E-state index contributed by atoms with van der Waals surface area (Å²) in [4.78, 5) is 16.0. The molecule has 1 fully saturated rings. The summed E-state index contributed by atoms with van der Waals surface area (Å²) in [6.45, 7) is 0. The molecule has 0 saturated carbocycles. The number of rotatable bonds is 6. The number of carbonyl (C=O) groups is 1. The van der Waals surface area contributed by atoms with Crippen LogP contribution < -0.4 is 4.90 Å². The topological polar surface area (TPSA) is 40.5 Å². The van der Waals surface area contributed by atoms with Gasteiger partial charge in [0.2, 0.25) is 5.91 Å². The smallest absolute Gasteiger partial charge is 0.233 e. The molecular formula is C22H21BrFNO2S. The molecule has 0 aromatic heterocycles. The SMILES string of the molecule is O=C1[C@H](CC[C@H](O)c2ccc(F)cc2)[C@@H](C2=CCC(Br)S2)N1c1ccccc1. The fourth-order valence-electron chi connectivity index (χ4n) is 3.86. The van der Waals surface area contributed by atoms with E-state index in [4.69, 9.17) is 0 Å². The highest BCUT2D eigenvalue weighted by Gasteiger charge is 2.50. The maximum Gasteiger partial charge on any atom is 0.233 e. The molecule has 4 rings (SSSR count). The maximum absolute atomic E-state index is 13.1. The van der Waals surface area contributed by atoms with Gasteiger partial charge in [-0.05, 0) is 49.1 Å². The number of thioether (sulfide) groups is 1. The standard InChI is InChI=1S/C22H21BrFNO2S/c23-20-13-12-19(28-20)21-17(22(27)25(21)16-4-2-1-3-5-16)10-11-18(26)14-6-8-15(24)9-7-14/h1-9,12,17-18,20-21,26H,10-11,13H2/t17-,18+,20?,21+/m1/s1. The Kier molecular flexibility index (Phi) is 5.90. The van der Waals surface area contributed by atoms with Crippen LogP contribution in [0.5, 0.6) is 0 Å². The van der Waals surface area contributed by atoms with Gasteiger partial charge in [-0.1, -0.05) is 52.3 Å². The van der Waals surface area contributed by atoms with Crippen LogP contribution in [0.1, 0.15) is 30.9 Å². The van der Waals surface area contributed by atoms with Gasteiger partial charge in [0.05, 0.1) is 22.2 Å². The highest BCUT2D eigenvalue weighted by molar-refractivity contribution is 9.11. The number of carbonyl (C=O) groups excluding carboxylic acids is 1. The number of nitrogens with zero attached hydrogens (tertiary/aromatic N) is 1. The fraction of sp³-hybridized carbons (Fsp3) is 0.318. The van der Waals surface area contributed by atoms with Gasteiger partial charge in [0.15, 0.2) is 0 Å². The van der Waals surface area contributed by atoms with Crippen LogP contribution in [0.2, 0.25) is 0 Å². The van der Waals surface area contributed by atoms with Crippen LogP contribution in [0.4, 0.5) is 10.1 Å². The lowest BCUT2D eigenvalue weighted by Gasteiger charge is -2.48. The third kappa shape index (κ3) is 3.91. The van der Waals surface area contributed by atoms with Crippen molar-refractivity contribution in [1.29, 1.82) is 0 Å². The van der Waals surface area contributed by atoms with Gasteiger partial charge in [-0.2, -0.15) is 0 Å². The molecular weight excluding hydrogens is 441 g/mol. The highest BCUT2D eigenvalue weighted by Crippen LogP contribution is 2.48. The summed E-state index contributed by atoms with van der Waals surface area (Å²) in [5, 5.41) is 10.5. The van der Waals surface area contributed by atoms with Crippen molar-refractivity contribution in [2.75, 3.05) is 4.90 Å². The number of hydrogen-bond acceptors (Lipinski definition) is 3. The van der Waals surface area contributed by atoms with E-state index < -0.39 is 6.10 Å². The maximum atomic E-state index is 13.1. The van der Waals surface area contributed by atoms with Crippen molar-refractivity contribution in [3.63, 3.8) is 0 Å². The van der Waals surface area contributed by atoms with Gasteiger partial charge in [0, 0.05) is 10.6 Å². The van der Waals surface area contributed by atoms with Crippen LogP contribution >= 0.6 is 27.7 Å². The van der Waals surface area contributed by atoms with Gasteiger partial charge >= 0.3 is 0 Å². The molecule has 1 N–H and O–H groups in total. The minimum absolute atomic E-state index is 0.0165. The van der Waals surface area contributed by atoms with E-state index in [2.05, 4.69) is 22.0 Å². The second kappa shape index (κ2) is 8.39. The second-order valence-electron chi connectivity index (χ2n) is 7.11. The molecule has 28 heavy (non-hydrogen) atoms. The predicted molar refractivity (Wildman–Crippen MR) is 115 cm³/mol. The zero-order chi connectivity index (χ0) is 19.7. The number of allylic oxidation sites excluding steroid dienone is 1. The van der Waals surface area contributed by atoms with E-state index in [0.717, 1.165) is 12.1 Å². The average Bonchev–Trinajstić information content (AvgIpc) is 3.12. The summed E-state index contributed by atoms with van der Waals surface area (Å²) in [6.07, 6.45) is 3.51. The van der Waals surface area contributed by atoms with Crippen molar-refractivity contribution in [2.24, 2.45) is 5.92 Å². The Morgan fingerprint density at radius 3 is 2.54 bits per heavy atom. The summed E-state index contributed by atoms with van der Waals surface area (Å²) < 4.78 is 13.4. The van der Waals surface area contributed by atoms with Gasteiger partial charge in [-0.3, -0.25) is 4.79 Å². The molecule has 4 atom stereocenters. The van der Waals surface area contributed by atoms with Crippen LogP contribution in [0.3, 0.4) is 0 Å². The Bertz CT molecular complexity index is 874. The highest BCUT2D eigenvalue weighted by atomic mass is 79.9. The lowest BCUT2D eigenvalue weighted by Crippen LogP contribution is -2.61. The Hall–Kier alpha value is -1.63. The Labute approximate surface area is 176 Å². The first-order valence-electron chi connectivity index (χ1n) is 9.37. The molecule has 0 bridgehead atoms. The number of para-hydroxylation sites is 1. The first-order chi connectivity index (χ1) is 13.5. The van der Waals surface area contributed by atoms with Crippen molar-refractivity contribution >= 4 is 39.3 Å². The lowest BCUT2D eigenvalue weighted by atomic mass is 9.81. The summed E-state index contributed by atoms with van der Waals surface area (Å²) in [5.41, 5.74) is 1.59. The van der Waals surface area contributed by atoms with Crippen LogP contribution in [0.25, 0.3) is 0 Å². The van der Waals surface area contributed by atoms with E-state index >= 15 is 0 Å². The molecule has 6 heteroatoms. The van der Waals surface area contributed by atoms with Gasteiger partial charge in [0.1, 0.15) is 5.82 Å².